The van der Waals surface area contributed by atoms with Crippen molar-refractivity contribution < 1.29 is 13.9 Å². The average molecular weight is 759 g/mol. The van der Waals surface area contributed by atoms with Crippen LogP contribution >= 0.6 is 0 Å². The van der Waals surface area contributed by atoms with Crippen molar-refractivity contribution in [1.82, 2.24) is 0 Å². The van der Waals surface area contributed by atoms with E-state index in [1.807, 2.05) is 0 Å². The first kappa shape index (κ1) is 32.5. The zero-order valence-electron chi connectivity index (χ0n) is 34.2. The van der Waals surface area contributed by atoms with Crippen LogP contribution in [0.25, 0.3) is 11.4 Å². The Bertz CT molecular complexity index is 2870. The predicted molar refractivity (Wildman–Crippen MR) is 229 cm³/mol. The van der Waals surface area contributed by atoms with Crippen molar-refractivity contribution in [3.63, 3.8) is 0 Å². The first-order valence-corrected chi connectivity index (χ1v) is 22.3. The van der Waals surface area contributed by atoms with E-state index >= 15 is 0 Å². The second kappa shape index (κ2) is 10.6. The minimum absolute atomic E-state index is 0.235. The van der Waals surface area contributed by atoms with E-state index in [9.17, 15) is 0 Å². The van der Waals surface area contributed by atoms with Crippen molar-refractivity contribution in [1.29, 1.82) is 0 Å². The van der Waals surface area contributed by atoms with Gasteiger partial charge in [-0.3, -0.25) is 0 Å². The van der Waals surface area contributed by atoms with Crippen LogP contribution in [0.2, 0.25) is 0 Å². The van der Waals surface area contributed by atoms with E-state index in [1.165, 1.54) is 154 Å². The lowest BCUT2D eigenvalue weighted by Crippen LogP contribution is -2.76. The van der Waals surface area contributed by atoms with Gasteiger partial charge in [0.1, 0.15) is 16.8 Å². The molecule has 0 amide bonds. The molecule has 6 aliphatic heterocycles. The van der Waals surface area contributed by atoms with Crippen LogP contribution in [-0.2, 0) is 16.5 Å². The molecular weight excluding hydrogens is 709 g/mol. The number of rotatable bonds is 2. The Morgan fingerprint density at radius 2 is 1.07 bits per heavy atom. The topological polar surface area (TPSA) is 23.5 Å². The summed E-state index contributed by atoms with van der Waals surface area (Å²) in [6.45, 7) is 9.88. The summed E-state index contributed by atoms with van der Waals surface area (Å²) < 4.78 is 12.9. The van der Waals surface area contributed by atoms with Crippen LogP contribution in [-0.4, -0.2) is 0 Å². The smallest absolute Gasteiger partial charge is 0.378 e. The molecule has 0 radical (unpaired) electrons. The molecule has 14 rings (SSSR count). The van der Waals surface area contributed by atoms with Crippen LogP contribution in [0.5, 0.6) is 11.6 Å². The van der Waals surface area contributed by atoms with Gasteiger partial charge in [0, 0.05) is 34.1 Å². The molecule has 0 saturated heterocycles. The van der Waals surface area contributed by atoms with Gasteiger partial charge in [-0.2, -0.15) is 4.90 Å². The number of pyridine rings is 2. The van der Waals surface area contributed by atoms with Gasteiger partial charge < -0.3 is 9.64 Å². The van der Waals surface area contributed by atoms with E-state index in [0.29, 0.717) is 11.8 Å². The second-order valence-electron chi connectivity index (χ2n) is 19.8. The molecular formula is C53H50N4O+2. The van der Waals surface area contributed by atoms with E-state index in [4.69, 9.17) is 4.74 Å². The summed E-state index contributed by atoms with van der Waals surface area (Å²) in [5.41, 5.74) is 19.2. The maximum absolute atomic E-state index is 7.37. The fourth-order valence-electron chi connectivity index (χ4n) is 13.6. The number of para-hydroxylation sites is 2. The zero-order chi connectivity index (χ0) is 38.4. The number of ether oxygens (including phenoxy) is 1. The van der Waals surface area contributed by atoms with E-state index in [1.54, 1.807) is 0 Å². The van der Waals surface area contributed by atoms with Gasteiger partial charge in [0.05, 0.1) is 23.1 Å². The number of hydrogen-bond donors (Lipinski definition) is 0. The molecule has 0 bridgehead atoms. The SMILES string of the molecule is CC1(C)c2ccccc2N2c3cccc4c3C35c6c2c1cc1c6N(c2ccccc2C1(C)C)c1cc(C2CCCCC2)cc([n+]13)-c1cc(C2CCCCC2)cc([n+]15)O4. The average Bonchev–Trinajstić information content (AvgIpc) is 3.55. The molecule has 6 aromatic rings. The van der Waals surface area contributed by atoms with Crippen molar-refractivity contribution in [2.75, 3.05) is 9.80 Å². The van der Waals surface area contributed by atoms with E-state index < -0.39 is 5.66 Å². The fraction of sp³-hybridized carbons (Fsp3) is 0.358. The van der Waals surface area contributed by atoms with Gasteiger partial charge in [-0.15, -0.1) is 9.13 Å². The molecule has 2 aliphatic carbocycles. The highest BCUT2D eigenvalue weighted by molar-refractivity contribution is 6.01. The second-order valence-corrected chi connectivity index (χ2v) is 19.8. The molecule has 58 heavy (non-hydrogen) atoms. The molecule has 2 aromatic heterocycles. The lowest BCUT2D eigenvalue weighted by atomic mass is 9.63. The molecule has 2 saturated carbocycles. The fourth-order valence-corrected chi connectivity index (χ4v) is 13.6. The monoisotopic (exact) mass is 758 g/mol. The van der Waals surface area contributed by atoms with Crippen LogP contribution in [0.15, 0.2) is 97.1 Å². The Kier molecular flexibility index (Phi) is 5.94. The number of anilines is 6. The van der Waals surface area contributed by atoms with Gasteiger partial charge in [-0.1, -0.05) is 109 Å². The summed E-state index contributed by atoms with van der Waals surface area (Å²) in [6.07, 6.45) is 13.0. The summed E-state index contributed by atoms with van der Waals surface area (Å²) >= 11 is 0. The Labute approximate surface area is 341 Å². The minimum Gasteiger partial charge on any atom is -0.404 e. The lowest BCUT2D eigenvalue weighted by Gasteiger charge is -2.52. The van der Waals surface area contributed by atoms with Crippen molar-refractivity contribution >= 4 is 34.3 Å². The quantitative estimate of drug-likeness (QED) is 0.164. The van der Waals surface area contributed by atoms with Gasteiger partial charge in [-0.25, -0.2) is 0 Å². The first-order chi connectivity index (χ1) is 28.3. The Hall–Kier alpha value is -5.42. The van der Waals surface area contributed by atoms with Crippen LogP contribution in [0.4, 0.5) is 34.3 Å². The summed E-state index contributed by atoms with van der Waals surface area (Å²) in [6, 6.07) is 38.3. The maximum Gasteiger partial charge on any atom is 0.378 e. The molecule has 4 aromatic carbocycles. The molecule has 1 atom stereocenters. The summed E-state index contributed by atoms with van der Waals surface area (Å²) in [4.78, 5) is 5.35. The van der Waals surface area contributed by atoms with Crippen LogP contribution < -0.4 is 23.7 Å². The van der Waals surface area contributed by atoms with Crippen molar-refractivity contribution in [2.45, 2.75) is 120 Å². The van der Waals surface area contributed by atoms with Crippen molar-refractivity contribution in [3.05, 3.63) is 142 Å². The van der Waals surface area contributed by atoms with Crippen molar-refractivity contribution in [3.8, 4) is 23.0 Å². The molecule has 8 aliphatic rings. The van der Waals surface area contributed by atoms with E-state index in [2.05, 4.69) is 144 Å². The number of nitrogens with zero attached hydrogens (tertiary/aromatic N) is 4. The van der Waals surface area contributed by atoms with Crippen LogP contribution in [0.1, 0.15) is 148 Å². The summed E-state index contributed by atoms with van der Waals surface area (Å²) in [5.74, 6) is 4.36. The van der Waals surface area contributed by atoms with Crippen molar-refractivity contribution in [2.24, 2.45) is 0 Å². The van der Waals surface area contributed by atoms with E-state index in [-0.39, 0.29) is 10.8 Å². The van der Waals surface area contributed by atoms with Crippen LogP contribution in [0.3, 0.4) is 0 Å². The highest BCUT2D eigenvalue weighted by Gasteiger charge is 2.75. The standard InChI is InChI=1S/C53H50N4O/c1-51(2)35-20-11-13-22-39(35)54-41-24-15-25-44-47(41)53-48-49(54)37(51)30-38-50(48)55(40-23-14-12-21-36(40)52(38,3)4)45-28-33(31-16-7-5-8-17-31)26-42(56(45)53)43-27-34(29-46(58-44)57(43)53)32-18-9-6-10-19-32/h11-15,20-32H,5-10,16-19H2,1-4H3/q+2. The molecule has 5 heteroatoms. The third-order valence-corrected chi connectivity index (χ3v) is 16.3. The highest BCUT2D eigenvalue weighted by atomic mass is 16.5. The first-order valence-electron chi connectivity index (χ1n) is 22.3. The third kappa shape index (κ3) is 3.57. The molecule has 2 fully saturated rings. The molecule has 5 nitrogen and oxygen atoms in total. The summed E-state index contributed by atoms with van der Waals surface area (Å²) in [7, 11) is 0. The van der Waals surface area contributed by atoms with Gasteiger partial charge >= 0.3 is 11.5 Å². The largest absolute Gasteiger partial charge is 0.404 e. The summed E-state index contributed by atoms with van der Waals surface area (Å²) in [5, 5.41) is 0. The Balaban J connectivity index is 1.21. The minimum atomic E-state index is -0.678. The predicted octanol–water partition coefficient (Wildman–Crippen LogP) is 12.6. The lowest BCUT2D eigenvalue weighted by molar-refractivity contribution is -0.936. The molecule has 1 unspecified atom stereocenters. The Morgan fingerprint density at radius 1 is 0.517 bits per heavy atom. The van der Waals surface area contributed by atoms with E-state index in [0.717, 1.165) is 11.6 Å². The number of hydrogen-bond acceptors (Lipinski definition) is 3. The molecule has 0 N–H and O–H groups in total. The zero-order valence-corrected chi connectivity index (χ0v) is 34.2. The Morgan fingerprint density at radius 3 is 1.72 bits per heavy atom. The molecule has 8 heterocycles. The number of benzene rings is 4. The normalized spacial score (nSPS) is 22.8. The van der Waals surface area contributed by atoms with Gasteiger partial charge in [0.25, 0.3) is 11.5 Å². The molecule has 1 spiro atoms. The maximum atomic E-state index is 7.37. The third-order valence-electron chi connectivity index (χ3n) is 16.3. The number of aromatic nitrogens is 2. The van der Waals surface area contributed by atoms with Crippen LogP contribution in [0, 0.1) is 0 Å². The van der Waals surface area contributed by atoms with Gasteiger partial charge in [-0.05, 0) is 96.2 Å². The highest BCUT2D eigenvalue weighted by Crippen LogP contribution is 2.69. The van der Waals surface area contributed by atoms with Gasteiger partial charge in [0.15, 0.2) is 11.4 Å². The number of fused-ring (bicyclic) bond motifs is 7. The molecule has 286 valence electrons. The van der Waals surface area contributed by atoms with Gasteiger partial charge in [0.2, 0.25) is 5.69 Å².